The fraction of sp³-hybridized carbons (Fsp3) is 0.457. The molecular formula is C35H46N4O2. The van der Waals surface area contributed by atoms with Crippen LogP contribution in [0.4, 0.5) is 11.4 Å². The number of hydrogen-bond acceptors (Lipinski definition) is 6. The van der Waals surface area contributed by atoms with E-state index in [4.69, 9.17) is 0 Å². The van der Waals surface area contributed by atoms with Gasteiger partial charge in [0.2, 0.25) is 0 Å². The molecule has 2 aliphatic rings. The lowest BCUT2D eigenvalue weighted by Crippen LogP contribution is -2.58. The van der Waals surface area contributed by atoms with Crippen molar-refractivity contribution in [2.45, 2.75) is 70.7 Å². The molecule has 3 aromatic carbocycles. The van der Waals surface area contributed by atoms with Gasteiger partial charge in [0, 0.05) is 49.0 Å². The lowest BCUT2D eigenvalue weighted by atomic mass is 9.84. The van der Waals surface area contributed by atoms with Crippen molar-refractivity contribution in [3.63, 3.8) is 0 Å². The number of anilines is 2. The fourth-order valence-electron chi connectivity index (χ4n) is 6.43. The maximum atomic E-state index is 12.6. The minimum atomic E-state index is -0.519. The quantitative estimate of drug-likeness (QED) is 0.286. The van der Waals surface area contributed by atoms with Crippen LogP contribution in [0, 0.1) is 6.92 Å². The number of aliphatic hydroxyl groups excluding tert-OH is 1. The summed E-state index contributed by atoms with van der Waals surface area (Å²) >= 11 is 0. The standard InChI is InChI=1S/C35H46N4O2/c1-27(2)36-31-17-13-29(14-18-31)19-23-38-26-39(32-8-5-4-6-9-32)35(34(38)41)20-24-37(25-21-35)22-7-10-33(40)30-15-11-28(3)12-16-30/h4-6,8-9,11-18,27,34,36,41H,7,10,19-26H2,1-3H3. The van der Waals surface area contributed by atoms with Crippen LogP contribution in [-0.4, -0.2) is 71.3 Å². The molecule has 1 atom stereocenters. The van der Waals surface area contributed by atoms with E-state index in [1.54, 1.807) is 0 Å². The molecule has 0 amide bonds. The van der Waals surface area contributed by atoms with Gasteiger partial charge in [0.1, 0.15) is 6.23 Å². The summed E-state index contributed by atoms with van der Waals surface area (Å²) in [5, 5.41) is 15.3. The number of carbonyl (C=O) groups is 1. The van der Waals surface area contributed by atoms with Crippen molar-refractivity contribution < 1.29 is 9.90 Å². The first-order chi connectivity index (χ1) is 19.8. The summed E-state index contributed by atoms with van der Waals surface area (Å²) in [7, 11) is 0. The first kappa shape index (κ1) is 29.3. The third-order valence-corrected chi connectivity index (χ3v) is 8.83. The Hall–Kier alpha value is -3.19. The van der Waals surface area contributed by atoms with E-state index < -0.39 is 6.23 Å². The van der Waals surface area contributed by atoms with Gasteiger partial charge >= 0.3 is 0 Å². The van der Waals surface area contributed by atoms with Crippen LogP contribution in [0.1, 0.15) is 61.0 Å². The molecule has 41 heavy (non-hydrogen) atoms. The summed E-state index contributed by atoms with van der Waals surface area (Å²) in [5.41, 5.74) is 5.29. The first-order valence-corrected chi connectivity index (χ1v) is 15.3. The maximum absolute atomic E-state index is 12.6. The summed E-state index contributed by atoms with van der Waals surface area (Å²) in [6.07, 6.45) is 3.63. The lowest BCUT2D eigenvalue weighted by Gasteiger charge is -2.47. The highest BCUT2D eigenvalue weighted by Crippen LogP contribution is 2.42. The molecule has 2 saturated heterocycles. The predicted molar refractivity (Wildman–Crippen MR) is 169 cm³/mol. The van der Waals surface area contributed by atoms with Crippen LogP contribution < -0.4 is 10.2 Å². The van der Waals surface area contributed by atoms with Crippen molar-refractivity contribution in [1.82, 2.24) is 9.80 Å². The van der Waals surface area contributed by atoms with E-state index in [2.05, 4.69) is 88.5 Å². The molecular weight excluding hydrogens is 508 g/mol. The Morgan fingerprint density at radius 2 is 1.63 bits per heavy atom. The van der Waals surface area contributed by atoms with Crippen LogP contribution in [0.25, 0.3) is 0 Å². The smallest absolute Gasteiger partial charge is 0.162 e. The summed E-state index contributed by atoms with van der Waals surface area (Å²) in [5.74, 6) is 0.224. The third kappa shape index (κ3) is 7.00. The molecule has 5 rings (SSSR count). The molecule has 1 spiro atoms. The minimum absolute atomic E-state index is 0.224. The highest BCUT2D eigenvalue weighted by atomic mass is 16.3. The number of nitrogens with zero attached hydrogens (tertiary/aromatic N) is 3. The molecule has 6 nitrogen and oxygen atoms in total. The number of rotatable bonds is 11. The fourth-order valence-corrected chi connectivity index (χ4v) is 6.43. The largest absolute Gasteiger partial charge is 0.383 e. The molecule has 1 unspecified atom stereocenters. The Kier molecular flexibility index (Phi) is 9.43. The van der Waals surface area contributed by atoms with Crippen LogP contribution in [0.2, 0.25) is 0 Å². The van der Waals surface area contributed by atoms with Gasteiger partial charge in [0.25, 0.3) is 0 Å². The Morgan fingerprint density at radius 1 is 0.951 bits per heavy atom. The number of para-hydroxylation sites is 1. The Bertz CT molecular complexity index is 1250. The molecule has 2 fully saturated rings. The van der Waals surface area contributed by atoms with Crippen LogP contribution >= 0.6 is 0 Å². The Balaban J connectivity index is 1.19. The number of hydrogen-bond donors (Lipinski definition) is 2. The third-order valence-electron chi connectivity index (χ3n) is 8.83. The average molecular weight is 555 g/mol. The van der Waals surface area contributed by atoms with Crippen molar-refractivity contribution >= 4 is 17.2 Å². The van der Waals surface area contributed by atoms with Gasteiger partial charge in [0.15, 0.2) is 5.78 Å². The molecule has 218 valence electrons. The van der Waals surface area contributed by atoms with Gasteiger partial charge in [-0.1, -0.05) is 60.2 Å². The van der Waals surface area contributed by atoms with Gasteiger partial charge in [-0.2, -0.15) is 0 Å². The molecule has 2 N–H and O–H groups in total. The van der Waals surface area contributed by atoms with Crippen molar-refractivity contribution in [2.75, 3.05) is 43.1 Å². The molecule has 0 radical (unpaired) electrons. The second-order valence-corrected chi connectivity index (χ2v) is 12.2. The monoisotopic (exact) mass is 554 g/mol. The highest BCUT2D eigenvalue weighted by Gasteiger charge is 2.53. The van der Waals surface area contributed by atoms with Gasteiger partial charge in [-0.15, -0.1) is 0 Å². The van der Waals surface area contributed by atoms with Gasteiger partial charge in [-0.05, 0) is 82.8 Å². The Morgan fingerprint density at radius 3 is 2.29 bits per heavy atom. The van der Waals surface area contributed by atoms with E-state index in [1.165, 1.54) is 16.8 Å². The maximum Gasteiger partial charge on any atom is 0.162 e. The highest BCUT2D eigenvalue weighted by molar-refractivity contribution is 5.96. The SMILES string of the molecule is Cc1ccc(C(=O)CCCN2CCC3(CC2)C(O)N(CCc2ccc(NC(C)C)cc2)CN3c2ccccc2)cc1. The normalized spacial score (nSPS) is 19.2. The van der Waals surface area contributed by atoms with E-state index in [0.29, 0.717) is 12.5 Å². The van der Waals surface area contributed by atoms with Gasteiger partial charge in [-0.25, -0.2) is 0 Å². The minimum Gasteiger partial charge on any atom is -0.383 e. The van der Waals surface area contributed by atoms with Crippen LogP contribution in [0.15, 0.2) is 78.9 Å². The van der Waals surface area contributed by atoms with Crippen LogP contribution in [0.3, 0.4) is 0 Å². The zero-order valence-electron chi connectivity index (χ0n) is 24.9. The number of benzene rings is 3. The summed E-state index contributed by atoms with van der Waals surface area (Å²) in [6.45, 7) is 10.7. The van der Waals surface area contributed by atoms with Crippen molar-refractivity contribution in [3.8, 4) is 0 Å². The molecule has 0 aliphatic carbocycles. The second kappa shape index (κ2) is 13.2. The lowest BCUT2D eigenvalue weighted by molar-refractivity contribution is -0.0263. The summed E-state index contributed by atoms with van der Waals surface area (Å²) < 4.78 is 0. The average Bonchev–Trinajstić information content (AvgIpc) is 3.24. The van der Waals surface area contributed by atoms with Gasteiger partial charge < -0.3 is 20.2 Å². The number of aryl methyl sites for hydroxylation is 1. The number of nitrogens with one attached hydrogen (secondary N) is 1. The van der Waals surface area contributed by atoms with Crippen LogP contribution in [0.5, 0.6) is 0 Å². The number of Topliss-reactive ketones (excluding diaryl/α,β-unsaturated/α-hetero) is 1. The molecule has 3 aromatic rings. The molecule has 6 heteroatoms. The van der Waals surface area contributed by atoms with E-state index in [1.807, 2.05) is 31.2 Å². The number of ketones is 1. The first-order valence-electron chi connectivity index (χ1n) is 15.3. The topological polar surface area (TPSA) is 59.1 Å². The molecule has 2 heterocycles. The zero-order valence-corrected chi connectivity index (χ0v) is 24.9. The van der Waals surface area contributed by atoms with Gasteiger partial charge in [0.05, 0.1) is 12.2 Å². The van der Waals surface area contributed by atoms with Crippen molar-refractivity contribution in [1.29, 1.82) is 0 Å². The van der Waals surface area contributed by atoms with Crippen LogP contribution in [-0.2, 0) is 6.42 Å². The Labute approximate surface area is 246 Å². The predicted octanol–water partition coefficient (Wildman–Crippen LogP) is 5.95. The molecule has 0 aromatic heterocycles. The van der Waals surface area contributed by atoms with Crippen molar-refractivity contribution in [3.05, 3.63) is 95.6 Å². The number of likely N-dealkylation sites (tertiary alicyclic amines) is 1. The van der Waals surface area contributed by atoms with E-state index in [-0.39, 0.29) is 11.3 Å². The summed E-state index contributed by atoms with van der Waals surface area (Å²) in [4.78, 5) is 19.8. The van der Waals surface area contributed by atoms with Crippen molar-refractivity contribution in [2.24, 2.45) is 0 Å². The second-order valence-electron chi connectivity index (χ2n) is 12.2. The number of aliphatic hydroxyl groups is 1. The summed E-state index contributed by atoms with van der Waals surface area (Å²) in [6, 6.07) is 27.6. The van der Waals surface area contributed by atoms with Gasteiger partial charge in [-0.3, -0.25) is 9.69 Å². The van der Waals surface area contributed by atoms with E-state index >= 15 is 0 Å². The molecule has 0 bridgehead atoms. The number of piperidine rings is 1. The molecule has 0 saturated carbocycles. The molecule has 2 aliphatic heterocycles. The zero-order chi connectivity index (χ0) is 28.8. The van der Waals surface area contributed by atoms with E-state index in [0.717, 1.165) is 69.8 Å². The number of carbonyl (C=O) groups excluding carboxylic acids is 1. The van der Waals surface area contributed by atoms with E-state index in [9.17, 15) is 9.90 Å².